The molecule has 1 atom stereocenters. The summed E-state index contributed by atoms with van der Waals surface area (Å²) in [5.74, 6) is 1.56. The maximum Gasteiger partial charge on any atom is 0.267 e. The van der Waals surface area contributed by atoms with Crippen LogP contribution in [0.3, 0.4) is 0 Å². The minimum Gasteiger partial charge on any atom is -0.481 e. The number of aryl methyl sites for hydroxylation is 1. The summed E-state index contributed by atoms with van der Waals surface area (Å²) in [5.41, 5.74) is 2.96. The molecule has 0 bridgehead atoms. The minimum atomic E-state index is -0.399. The van der Waals surface area contributed by atoms with Gasteiger partial charge in [-0.2, -0.15) is 10.1 Å². The Kier molecular flexibility index (Phi) is 5.12. The molecule has 0 spiro atoms. The van der Waals surface area contributed by atoms with Gasteiger partial charge in [-0.3, -0.25) is 4.68 Å². The van der Waals surface area contributed by atoms with E-state index in [4.69, 9.17) is 20.9 Å². The molecule has 4 aromatic rings. The molecule has 0 N–H and O–H groups in total. The number of ether oxygens (including phenoxy) is 1. The van der Waals surface area contributed by atoms with E-state index in [1.54, 1.807) is 18.3 Å². The molecule has 142 valence electrons. The van der Waals surface area contributed by atoms with Crippen molar-refractivity contribution in [1.82, 2.24) is 19.9 Å². The van der Waals surface area contributed by atoms with Crippen LogP contribution in [0.25, 0.3) is 22.6 Å². The molecule has 0 aliphatic rings. The topological polar surface area (TPSA) is 66.0 Å². The summed E-state index contributed by atoms with van der Waals surface area (Å²) in [7, 11) is 0. The van der Waals surface area contributed by atoms with Crippen molar-refractivity contribution in [3.63, 3.8) is 0 Å². The molecular weight excluding hydrogens is 376 g/mol. The summed E-state index contributed by atoms with van der Waals surface area (Å²) < 4.78 is 13.2. The number of halogens is 1. The lowest BCUT2D eigenvalue weighted by Crippen LogP contribution is -2.03. The second kappa shape index (κ2) is 7.86. The SMILES string of the molecule is CCn1nccc1-c1cccc(-c2noc(C(C)Oc3cccc(Cl)c3)n2)c1. The van der Waals surface area contributed by atoms with Gasteiger partial charge in [-0.15, -0.1) is 0 Å². The molecule has 4 rings (SSSR count). The molecule has 0 aliphatic heterocycles. The third-order valence-corrected chi connectivity index (χ3v) is 4.57. The number of hydrogen-bond acceptors (Lipinski definition) is 5. The molecule has 2 heterocycles. The Labute approximate surface area is 167 Å². The fourth-order valence-corrected chi connectivity index (χ4v) is 3.14. The van der Waals surface area contributed by atoms with Gasteiger partial charge in [-0.1, -0.05) is 41.0 Å². The lowest BCUT2D eigenvalue weighted by Gasteiger charge is -2.10. The fraction of sp³-hybridized carbons (Fsp3) is 0.190. The van der Waals surface area contributed by atoms with Gasteiger partial charge < -0.3 is 9.26 Å². The Hall–Kier alpha value is -3.12. The Morgan fingerprint density at radius 3 is 2.75 bits per heavy atom. The highest BCUT2D eigenvalue weighted by atomic mass is 35.5. The highest BCUT2D eigenvalue weighted by Crippen LogP contribution is 2.27. The van der Waals surface area contributed by atoms with E-state index in [9.17, 15) is 0 Å². The number of hydrogen-bond donors (Lipinski definition) is 0. The fourth-order valence-electron chi connectivity index (χ4n) is 2.96. The highest BCUT2D eigenvalue weighted by Gasteiger charge is 2.17. The third-order valence-electron chi connectivity index (χ3n) is 4.33. The average Bonchev–Trinajstić information content (AvgIpc) is 3.38. The molecule has 0 saturated carbocycles. The van der Waals surface area contributed by atoms with Crippen molar-refractivity contribution < 1.29 is 9.26 Å². The van der Waals surface area contributed by atoms with Crippen LogP contribution in [0.4, 0.5) is 0 Å². The van der Waals surface area contributed by atoms with Crippen molar-refractivity contribution in [2.75, 3.05) is 0 Å². The average molecular weight is 395 g/mol. The van der Waals surface area contributed by atoms with Gasteiger partial charge >= 0.3 is 0 Å². The van der Waals surface area contributed by atoms with Crippen molar-refractivity contribution in [2.24, 2.45) is 0 Å². The number of rotatable bonds is 6. The van der Waals surface area contributed by atoms with Crippen LogP contribution in [0.5, 0.6) is 5.75 Å². The van der Waals surface area contributed by atoms with E-state index in [0.717, 1.165) is 23.4 Å². The Morgan fingerprint density at radius 1 is 1.11 bits per heavy atom. The highest BCUT2D eigenvalue weighted by molar-refractivity contribution is 6.30. The molecular formula is C21H19ClN4O2. The molecule has 7 heteroatoms. The van der Waals surface area contributed by atoms with E-state index in [-0.39, 0.29) is 0 Å². The van der Waals surface area contributed by atoms with Crippen LogP contribution in [-0.4, -0.2) is 19.9 Å². The molecule has 2 aromatic heterocycles. The van der Waals surface area contributed by atoms with Crippen LogP contribution in [0.15, 0.2) is 65.3 Å². The summed E-state index contributed by atoms with van der Waals surface area (Å²) in [4.78, 5) is 4.51. The maximum atomic E-state index is 6.00. The van der Waals surface area contributed by atoms with Gasteiger partial charge in [0.05, 0.1) is 5.69 Å². The summed E-state index contributed by atoms with van der Waals surface area (Å²) in [6, 6.07) is 17.2. The first-order valence-corrected chi connectivity index (χ1v) is 9.40. The predicted molar refractivity (Wildman–Crippen MR) is 107 cm³/mol. The summed E-state index contributed by atoms with van der Waals surface area (Å²) in [6.07, 6.45) is 1.40. The third kappa shape index (κ3) is 3.77. The Morgan fingerprint density at radius 2 is 1.93 bits per heavy atom. The second-order valence-corrected chi connectivity index (χ2v) is 6.72. The largest absolute Gasteiger partial charge is 0.481 e. The molecule has 0 saturated heterocycles. The monoisotopic (exact) mass is 394 g/mol. The molecule has 0 aliphatic carbocycles. The predicted octanol–water partition coefficient (Wildman–Crippen LogP) is 5.41. The van der Waals surface area contributed by atoms with Crippen LogP contribution in [-0.2, 0) is 6.54 Å². The Balaban J connectivity index is 1.56. The minimum absolute atomic E-state index is 0.399. The number of benzene rings is 2. The zero-order chi connectivity index (χ0) is 19.5. The zero-order valence-electron chi connectivity index (χ0n) is 15.5. The smallest absolute Gasteiger partial charge is 0.267 e. The van der Waals surface area contributed by atoms with Gasteiger partial charge in [0.1, 0.15) is 5.75 Å². The molecule has 0 radical (unpaired) electrons. The van der Waals surface area contributed by atoms with Crippen molar-refractivity contribution in [3.05, 3.63) is 71.7 Å². The summed E-state index contributed by atoms with van der Waals surface area (Å²) in [6.45, 7) is 4.72. The zero-order valence-corrected chi connectivity index (χ0v) is 16.3. The van der Waals surface area contributed by atoms with Gasteiger partial charge in [-0.25, -0.2) is 0 Å². The van der Waals surface area contributed by atoms with Gasteiger partial charge in [0, 0.05) is 28.9 Å². The normalized spacial score (nSPS) is 12.1. The summed E-state index contributed by atoms with van der Waals surface area (Å²) in [5, 5.41) is 9.06. The lowest BCUT2D eigenvalue weighted by molar-refractivity contribution is 0.176. The van der Waals surface area contributed by atoms with Gasteiger partial charge in [0.2, 0.25) is 5.82 Å². The van der Waals surface area contributed by atoms with Crippen LogP contribution in [0.2, 0.25) is 5.02 Å². The summed E-state index contributed by atoms with van der Waals surface area (Å²) >= 11 is 6.00. The molecule has 6 nitrogen and oxygen atoms in total. The number of nitrogens with zero attached hydrogens (tertiary/aromatic N) is 4. The lowest BCUT2D eigenvalue weighted by atomic mass is 10.1. The van der Waals surface area contributed by atoms with E-state index in [1.165, 1.54) is 0 Å². The molecule has 0 amide bonds. The van der Waals surface area contributed by atoms with Gasteiger partial charge in [0.25, 0.3) is 5.89 Å². The van der Waals surface area contributed by atoms with E-state index in [2.05, 4.69) is 22.2 Å². The quantitative estimate of drug-likeness (QED) is 0.437. The molecule has 2 aromatic carbocycles. The number of aromatic nitrogens is 4. The van der Waals surface area contributed by atoms with E-state index < -0.39 is 6.10 Å². The molecule has 1 unspecified atom stereocenters. The van der Waals surface area contributed by atoms with Crippen LogP contribution >= 0.6 is 11.6 Å². The Bertz CT molecular complexity index is 1090. The van der Waals surface area contributed by atoms with E-state index >= 15 is 0 Å². The van der Waals surface area contributed by atoms with Crippen LogP contribution in [0.1, 0.15) is 25.8 Å². The van der Waals surface area contributed by atoms with Gasteiger partial charge in [-0.05, 0) is 44.2 Å². The molecule has 28 heavy (non-hydrogen) atoms. The first-order valence-electron chi connectivity index (χ1n) is 9.02. The maximum absolute atomic E-state index is 6.00. The van der Waals surface area contributed by atoms with Gasteiger partial charge in [0.15, 0.2) is 6.10 Å². The van der Waals surface area contributed by atoms with Crippen molar-refractivity contribution >= 4 is 11.6 Å². The van der Waals surface area contributed by atoms with E-state index in [1.807, 2.05) is 54.1 Å². The van der Waals surface area contributed by atoms with Crippen LogP contribution in [0, 0.1) is 0 Å². The first kappa shape index (κ1) is 18.3. The van der Waals surface area contributed by atoms with E-state index in [0.29, 0.717) is 22.5 Å². The van der Waals surface area contributed by atoms with Crippen LogP contribution < -0.4 is 4.74 Å². The standard InChI is InChI=1S/C21H19ClN4O2/c1-3-26-19(10-11-23-26)15-6-4-7-16(12-15)20-24-21(28-25-20)14(2)27-18-9-5-8-17(22)13-18/h4-14H,3H2,1-2H3. The van der Waals surface area contributed by atoms with Crippen molar-refractivity contribution in [3.8, 4) is 28.4 Å². The molecule has 0 fully saturated rings. The van der Waals surface area contributed by atoms with Crippen molar-refractivity contribution in [2.45, 2.75) is 26.5 Å². The first-order chi connectivity index (χ1) is 13.6. The van der Waals surface area contributed by atoms with Crippen molar-refractivity contribution in [1.29, 1.82) is 0 Å². The second-order valence-electron chi connectivity index (χ2n) is 6.29.